The monoisotopic (exact) mass is 730 g/mol. The highest BCUT2D eigenvalue weighted by atomic mass is 32.1. The third kappa shape index (κ3) is 4.99. The van der Waals surface area contributed by atoms with Gasteiger partial charge in [-0.15, -0.1) is 11.3 Å². The number of nitrogens with zero attached hydrogens (tertiary/aromatic N) is 4. The fourth-order valence-corrected chi connectivity index (χ4v) is 9.16. The first-order valence-electron chi connectivity index (χ1n) is 21.0. The van der Waals surface area contributed by atoms with Crippen molar-refractivity contribution in [3.05, 3.63) is 169 Å². The predicted octanol–water partition coefficient (Wildman–Crippen LogP) is 13.0. The molecule has 3 aromatic heterocycles. The summed E-state index contributed by atoms with van der Waals surface area (Å²) in [6.07, 6.45) is 0. The molecule has 0 fully saturated rings. The topological polar surface area (TPSA) is 64.7 Å². The van der Waals surface area contributed by atoms with Crippen LogP contribution in [0, 0.1) is 0 Å². The molecular weight excluding hydrogens is 693 g/mol. The van der Waals surface area contributed by atoms with Gasteiger partial charge in [0.1, 0.15) is 5.52 Å². The maximum absolute atomic E-state index is 8.98. The Balaban J connectivity index is 1.12. The van der Waals surface area contributed by atoms with Crippen LogP contribution in [0.25, 0.3) is 99.1 Å². The van der Waals surface area contributed by atoms with E-state index in [1.807, 2.05) is 127 Å². The second-order valence-corrected chi connectivity index (χ2v) is 14.8. The molecule has 5 nitrogen and oxygen atoms in total. The van der Waals surface area contributed by atoms with Crippen LogP contribution >= 0.6 is 11.3 Å². The summed E-state index contributed by atoms with van der Waals surface area (Å²) in [5.41, 5.74) is 4.71. The maximum Gasteiger partial charge on any atom is 0.227 e. The lowest BCUT2D eigenvalue weighted by atomic mass is 9.81. The molecular formula is C49H32N4OS. The van der Waals surface area contributed by atoms with Crippen molar-refractivity contribution in [1.82, 2.24) is 19.9 Å². The summed E-state index contributed by atoms with van der Waals surface area (Å²) >= 11 is 1.60. The molecule has 3 heterocycles. The number of hydrogen-bond donors (Lipinski definition) is 0. The summed E-state index contributed by atoms with van der Waals surface area (Å²) in [6, 6.07) is 50.1. The fourth-order valence-electron chi connectivity index (χ4n) is 7.81. The minimum Gasteiger partial charge on any atom is -0.435 e. The lowest BCUT2D eigenvalue weighted by molar-refractivity contribution is 0.618. The van der Waals surface area contributed by atoms with E-state index in [-0.39, 0.29) is 11.1 Å². The van der Waals surface area contributed by atoms with Crippen LogP contribution < -0.4 is 0 Å². The first-order chi connectivity index (χ1) is 29.5. The zero-order chi connectivity index (χ0) is 41.7. The third-order valence-electron chi connectivity index (χ3n) is 10.5. The number of thiophene rings is 1. The molecule has 0 atom stereocenters. The molecule has 11 rings (SSSR count). The van der Waals surface area contributed by atoms with Crippen molar-refractivity contribution in [2.45, 2.75) is 19.1 Å². The summed E-state index contributed by atoms with van der Waals surface area (Å²) < 4.78 is 62.2. The van der Waals surface area contributed by atoms with E-state index in [0.717, 1.165) is 48.0 Å². The average Bonchev–Trinajstić information content (AvgIpc) is 3.97. The van der Waals surface area contributed by atoms with Gasteiger partial charge in [0.25, 0.3) is 0 Å². The highest BCUT2D eigenvalue weighted by Gasteiger charge is 2.38. The van der Waals surface area contributed by atoms with Crippen LogP contribution in [0.15, 0.2) is 162 Å². The van der Waals surface area contributed by atoms with E-state index in [0.29, 0.717) is 51.2 Å². The lowest BCUT2D eigenvalue weighted by Gasteiger charge is -2.22. The van der Waals surface area contributed by atoms with Gasteiger partial charge in [-0.2, -0.15) is 0 Å². The molecule has 0 saturated carbocycles. The molecule has 6 heteroatoms. The average molecular weight is 731 g/mol. The normalized spacial score (nSPS) is 15.1. The van der Waals surface area contributed by atoms with E-state index >= 15 is 0 Å². The summed E-state index contributed by atoms with van der Waals surface area (Å²) in [5, 5.41) is 2.01. The van der Waals surface area contributed by atoms with Crippen LogP contribution in [-0.4, -0.2) is 19.9 Å². The number of aromatic nitrogens is 4. The van der Waals surface area contributed by atoms with Gasteiger partial charge >= 0.3 is 0 Å². The molecule has 0 aliphatic heterocycles. The van der Waals surface area contributed by atoms with E-state index in [1.54, 1.807) is 29.5 Å². The number of hydrogen-bond acceptors (Lipinski definition) is 6. The minimum absolute atomic E-state index is 0.176. The Hall–Kier alpha value is -6.76. The summed E-state index contributed by atoms with van der Waals surface area (Å²) in [4.78, 5) is 19.7. The Labute approximate surface area is 330 Å². The maximum atomic E-state index is 8.98. The summed E-state index contributed by atoms with van der Waals surface area (Å²) in [7, 11) is 0. The predicted molar refractivity (Wildman–Crippen MR) is 225 cm³/mol. The fraction of sp³-hybridized carbons (Fsp3) is 0.0612. The third-order valence-corrected chi connectivity index (χ3v) is 11.7. The van der Waals surface area contributed by atoms with Crippen molar-refractivity contribution in [3.8, 4) is 67.9 Å². The molecule has 0 unspecified atom stereocenters. The van der Waals surface area contributed by atoms with Crippen LogP contribution in [0.1, 0.15) is 33.1 Å². The quantitative estimate of drug-likeness (QED) is 0.176. The molecule has 1 aliphatic rings. The standard InChI is InChI=1S/C49H32N4OS/c1-49(2)38-26-27-40-42(54-48(50-40)31-18-10-5-11-19-31)41(38)36-25-24-32(28-39(36)49)33-20-12-21-34-35-22-13-23-37(44(35)55-43(33)34)47-52-45(29-14-6-3-7-15-29)51-46(53-47)30-16-8-4-9-17-30/h3-28H,1-2H3/i1D3,2D3. The van der Waals surface area contributed by atoms with E-state index in [1.165, 1.54) is 0 Å². The Bertz CT molecular complexity index is 3270. The SMILES string of the molecule is [2H]C([2H])([2H])C1(C([2H])([2H])[2H])c2cc(-c3cccc4c3sc3c(-c5nc(-c6ccccc6)nc(-c6ccccc6)n5)cccc34)ccc2-c2c1ccc1nc(-c3ccccc3)oc21. The van der Waals surface area contributed by atoms with Crippen molar-refractivity contribution in [3.63, 3.8) is 0 Å². The number of fused-ring (bicyclic) bond motifs is 8. The Morgan fingerprint density at radius 3 is 1.75 bits per heavy atom. The van der Waals surface area contributed by atoms with Crippen molar-refractivity contribution in [1.29, 1.82) is 0 Å². The van der Waals surface area contributed by atoms with E-state index < -0.39 is 19.1 Å². The van der Waals surface area contributed by atoms with Crippen molar-refractivity contribution in [2.24, 2.45) is 0 Å². The first kappa shape index (κ1) is 26.1. The van der Waals surface area contributed by atoms with Crippen LogP contribution in [0.4, 0.5) is 0 Å². The van der Waals surface area contributed by atoms with Crippen molar-refractivity contribution in [2.75, 3.05) is 0 Å². The van der Waals surface area contributed by atoms with Gasteiger partial charge in [0, 0.05) is 61.6 Å². The Morgan fingerprint density at radius 2 is 1.09 bits per heavy atom. The first-order valence-corrected chi connectivity index (χ1v) is 18.8. The lowest BCUT2D eigenvalue weighted by Crippen LogP contribution is -2.14. The number of oxazole rings is 1. The smallest absolute Gasteiger partial charge is 0.227 e. The van der Waals surface area contributed by atoms with E-state index in [2.05, 4.69) is 12.1 Å². The van der Waals surface area contributed by atoms with Crippen LogP contribution in [0.2, 0.25) is 0 Å². The number of rotatable bonds is 5. The highest BCUT2D eigenvalue weighted by Crippen LogP contribution is 2.53. The Kier molecular flexibility index (Phi) is 5.75. The zero-order valence-electron chi connectivity index (χ0n) is 35.1. The second-order valence-electron chi connectivity index (χ2n) is 13.7. The molecule has 0 amide bonds. The molecule has 0 saturated heterocycles. The van der Waals surface area contributed by atoms with Crippen molar-refractivity contribution < 1.29 is 12.6 Å². The molecule has 260 valence electrons. The van der Waals surface area contributed by atoms with E-state index in [9.17, 15) is 0 Å². The molecule has 0 radical (unpaired) electrons. The van der Waals surface area contributed by atoms with Gasteiger partial charge in [-0.25, -0.2) is 19.9 Å². The van der Waals surface area contributed by atoms with Crippen LogP contribution in [0.5, 0.6) is 0 Å². The molecule has 1 aliphatic carbocycles. The largest absolute Gasteiger partial charge is 0.435 e. The summed E-state index contributed by atoms with van der Waals surface area (Å²) in [5.74, 6) is 2.03. The molecule has 0 bridgehead atoms. The number of benzene rings is 7. The van der Waals surface area contributed by atoms with Gasteiger partial charge in [-0.3, -0.25) is 0 Å². The van der Waals surface area contributed by atoms with Gasteiger partial charge in [0.15, 0.2) is 23.1 Å². The molecule has 55 heavy (non-hydrogen) atoms. The van der Waals surface area contributed by atoms with Gasteiger partial charge in [0.2, 0.25) is 5.89 Å². The molecule has 0 spiro atoms. The van der Waals surface area contributed by atoms with Gasteiger partial charge in [-0.1, -0.05) is 141 Å². The van der Waals surface area contributed by atoms with Gasteiger partial charge in [-0.05, 0) is 58.1 Å². The zero-order valence-corrected chi connectivity index (χ0v) is 29.9. The minimum atomic E-state index is -2.97. The van der Waals surface area contributed by atoms with Gasteiger partial charge in [0.05, 0.1) is 0 Å². The van der Waals surface area contributed by atoms with Crippen LogP contribution in [0.3, 0.4) is 0 Å². The highest BCUT2D eigenvalue weighted by molar-refractivity contribution is 7.26. The summed E-state index contributed by atoms with van der Waals surface area (Å²) in [6.45, 7) is -5.93. The second kappa shape index (κ2) is 12.1. The van der Waals surface area contributed by atoms with Gasteiger partial charge < -0.3 is 4.42 Å². The molecule has 10 aromatic rings. The Morgan fingerprint density at radius 1 is 0.491 bits per heavy atom. The van der Waals surface area contributed by atoms with Crippen molar-refractivity contribution >= 4 is 42.6 Å². The molecule has 7 aromatic carbocycles. The molecule has 0 N–H and O–H groups in total. The van der Waals surface area contributed by atoms with Crippen LogP contribution in [-0.2, 0) is 5.41 Å². The van der Waals surface area contributed by atoms with E-state index in [4.69, 9.17) is 32.6 Å².